The smallest absolute Gasteiger partial charge is 0.251 e. The van der Waals surface area contributed by atoms with Gasteiger partial charge in [0, 0.05) is 13.1 Å². The van der Waals surface area contributed by atoms with Crippen LogP contribution >= 0.6 is 0 Å². The molecule has 0 bridgehead atoms. The average Bonchev–Trinajstić information content (AvgIpc) is 2.51. The molecule has 0 saturated carbocycles. The molecule has 0 radical (unpaired) electrons. The lowest BCUT2D eigenvalue weighted by atomic mass is 10.0. The Morgan fingerprint density at radius 1 is 1.53 bits per heavy atom. The van der Waals surface area contributed by atoms with Crippen molar-refractivity contribution in [1.82, 2.24) is 4.90 Å². The van der Waals surface area contributed by atoms with Gasteiger partial charge >= 0.3 is 0 Å². The molecule has 17 heavy (non-hydrogen) atoms. The number of hydrogen-bond acceptors (Lipinski definition) is 2. The van der Waals surface area contributed by atoms with Crippen LogP contribution in [0.5, 0.6) is 0 Å². The maximum atomic E-state index is 11.8. The molecule has 0 aromatic heterocycles. The minimum atomic E-state index is -0.796. The lowest BCUT2D eigenvalue weighted by molar-refractivity contribution is -0.143. The predicted octanol–water partition coefficient (Wildman–Crippen LogP) is 1.80. The van der Waals surface area contributed by atoms with Gasteiger partial charge in [-0.05, 0) is 37.3 Å². The Bertz CT molecular complexity index is 393. The van der Waals surface area contributed by atoms with E-state index in [1.54, 1.807) is 4.90 Å². The summed E-state index contributed by atoms with van der Waals surface area (Å²) in [5.41, 5.74) is 2.39. The number of rotatable bonds is 2. The van der Waals surface area contributed by atoms with E-state index in [2.05, 4.69) is 25.2 Å². The number of allylic oxidation sites excluding steroid dienone is 4. The van der Waals surface area contributed by atoms with Crippen molar-refractivity contribution in [3.8, 4) is 0 Å². The second-order valence-corrected chi connectivity index (χ2v) is 4.66. The van der Waals surface area contributed by atoms with Crippen LogP contribution in [0.4, 0.5) is 0 Å². The van der Waals surface area contributed by atoms with Crippen molar-refractivity contribution in [3.05, 3.63) is 35.5 Å². The normalized spacial score (nSPS) is 25.4. The number of piperidine rings is 1. The molecular formula is C14H19NO2. The molecule has 0 aromatic carbocycles. The van der Waals surface area contributed by atoms with Gasteiger partial charge in [-0.2, -0.15) is 0 Å². The van der Waals surface area contributed by atoms with Crippen molar-refractivity contribution in [1.29, 1.82) is 0 Å². The van der Waals surface area contributed by atoms with Crippen molar-refractivity contribution >= 4 is 5.91 Å². The maximum absolute atomic E-state index is 11.8. The molecule has 3 nitrogen and oxygen atoms in total. The zero-order valence-electron chi connectivity index (χ0n) is 10.2. The van der Waals surface area contributed by atoms with Crippen LogP contribution < -0.4 is 0 Å². The molecule has 1 unspecified atom stereocenters. The van der Waals surface area contributed by atoms with E-state index >= 15 is 0 Å². The van der Waals surface area contributed by atoms with Crippen LogP contribution in [0.3, 0.4) is 0 Å². The molecule has 0 spiro atoms. The fraction of sp³-hybridized carbons (Fsp3) is 0.500. The molecule has 1 saturated heterocycles. The summed E-state index contributed by atoms with van der Waals surface area (Å²) in [6.45, 7) is 3.44. The predicted molar refractivity (Wildman–Crippen MR) is 67.4 cm³/mol. The van der Waals surface area contributed by atoms with Crippen LogP contribution in [0.2, 0.25) is 0 Å². The number of carbonyl (C=O) groups excluding carboxylic acids is 1. The molecule has 92 valence electrons. The molecule has 1 heterocycles. The summed E-state index contributed by atoms with van der Waals surface area (Å²) >= 11 is 0. The summed E-state index contributed by atoms with van der Waals surface area (Å²) < 4.78 is 0. The number of likely N-dealkylation sites (tertiary alicyclic amines) is 1. The first kappa shape index (κ1) is 12.1. The largest absolute Gasteiger partial charge is 0.383 e. The van der Waals surface area contributed by atoms with Gasteiger partial charge in [0.15, 0.2) is 0 Å². The standard InChI is InChI=1S/C14H19NO2/c1-11-6-3-2-4-7-12(11)10-15-9-5-8-13(16)14(15)17/h2,4,6-7,13,16H,3,5,8-10H2,1H3. The van der Waals surface area contributed by atoms with Crippen molar-refractivity contribution < 1.29 is 9.90 Å². The molecule has 1 aliphatic heterocycles. The van der Waals surface area contributed by atoms with Crippen LogP contribution in [0, 0.1) is 0 Å². The summed E-state index contributed by atoms with van der Waals surface area (Å²) in [6, 6.07) is 0. The van der Waals surface area contributed by atoms with Crippen LogP contribution in [0.15, 0.2) is 35.5 Å². The van der Waals surface area contributed by atoms with Gasteiger partial charge in [0.2, 0.25) is 0 Å². The molecule has 2 rings (SSSR count). The van der Waals surface area contributed by atoms with Gasteiger partial charge in [-0.1, -0.05) is 24.3 Å². The summed E-state index contributed by atoms with van der Waals surface area (Å²) in [5.74, 6) is -0.127. The summed E-state index contributed by atoms with van der Waals surface area (Å²) in [4.78, 5) is 13.6. The average molecular weight is 233 g/mol. The van der Waals surface area contributed by atoms with Crippen molar-refractivity contribution in [2.45, 2.75) is 32.3 Å². The van der Waals surface area contributed by atoms with E-state index in [1.165, 1.54) is 11.1 Å². The quantitative estimate of drug-likeness (QED) is 0.790. The van der Waals surface area contributed by atoms with Crippen molar-refractivity contribution in [2.75, 3.05) is 13.1 Å². The highest BCUT2D eigenvalue weighted by Gasteiger charge is 2.27. The Labute approximate surface area is 102 Å². The number of carbonyl (C=O) groups is 1. The van der Waals surface area contributed by atoms with Gasteiger partial charge in [0.05, 0.1) is 0 Å². The highest BCUT2D eigenvalue weighted by Crippen LogP contribution is 2.19. The van der Waals surface area contributed by atoms with Gasteiger partial charge in [-0.3, -0.25) is 4.79 Å². The first-order valence-corrected chi connectivity index (χ1v) is 6.18. The van der Waals surface area contributed by atoms with Crippen LogP contribution in [-0.4, -0.2) is 35.1 Å². The first-order chi connectivity index (χ1) is 8.18. The van der Waals surface area contributed by atoms with E-state index in [0.29, 0.717) is 13.0 Å². The van der Waals surface area contributed by atoms with Gasteiger partial charge < -0.3 is 10.0 Å². The van der Waals surface area contributed by atoms with Crippen molar-refractivity contribution in [3.63, 3.8) is 0 Å². The Morgan fingerprint density at radius 2 is 2.35 bits per heavy atom. The lowest BCUT2D eigenvalue weighted by Gasteiger charge is -2.30. The number of amides is 1. The molecule has 0 aromatic rings. The zero-order valence-corrected chi connectivity index (χ0v) is 10.2. The fourth-order valence-corrected chi connectivity index (χ4v) is 2.23. The lowest BCUT2D eigenvalue weighted by Crippen LogP contribution is -2.44. The van der Waals surface area contributed by atoms with E-state index in [4.69, 9.17) is 0 Å². The van der Waals surface area contributed by atoms with E-state index in [-0.39, 0.29) is 5.91 Å². The van der Waals surface area contributed by atoms with Crippen LogP contribution in [0.25, 0.3) is 0 Å². The molecule has 2 aliphatic rings. The minimum absolute atomic E-state index is 0.127. The molecule has 1 aliphatic carbocycles. The topological polar surface area (TPSA) is 40.5 Å². The molecule has 1 fully saturated rings. The van der Waals surface area contributed by atoms with E-state index in [0.717, 1.165) is 19.4 Å². The van der Waals surface area contributed by atoms with Crippen LogP contribution in [-0.2, 0) is 4.79 Å². The van der Waals surface area contributed by atoms with E-state index in [9.17, 15) is 9.90 Å². The first-order valence-electron chi connectivity index (χ1n) is 6.18. The second kappa shape index (κ2) is 5.32. The number of nitrogens with zero attached hydrogens (tertiary/aromatic N) is 1. The van der Waals surface area contributed by atoms with E-state index in [1.807, 2.05) is 6.08 Å². The number of aliphatic hydroxyl groups is 1. The third-order valence-corrected chi connectivity index (χ3v) is 3.36. The SMILES string of the molecule is CC1=CCC=CC=C1CN1CCCC(O)C1=O. The third kappa shape index (κ3) is 2.86. The van der Waals surface area contributed by atoms with Crippen molar-refractivity contribution in [2.24, 2.45) is 0 Å². The Kier molecular flexibility index (Phi) is 3.79. The number of aliphatic hydroxyl groups excluding tert-OH is 1. The second-order valence-electron chi connectivity index (χ2n) is 4.66. The summed E-state index contributed by atoms with van der Waals surface area (Å²) in [5, 5.41) is 9.56. The Morgan fingerprint density at radius 3 is 3.18 bits per heavy atom. The van der Waals surface area contributed by atoms with Gasteiger partial charge in [-0.15, -0.1) is 0 Å². The van der Waals surface area contributed by atoms with E-state index < -0.39 is 6.10 Å². The highest BCUT2D eigenvalue weighted by molar-refractivity contribution is 5.81. The number of hydrogen-bond donors (Lipinski definition) is 1. The van der Waals surface area contributed by atoms with Gasteiger partial charge in [0.25, 0.3) is 5.91 Å². The van der Waals surface area contributed by atoms with Gasteiger partial charge in [0.1, 0.15) is 6.10 Å². The Balaban J connectivity index is 2.07. The highest BCUT2D eigenvalue weighted by atomic mass is 16.3. The van der Waals surface area contributed by atoms with Crippen LogP contribution in [0.1, 0.15) is 26.2 Å². The summed E-state index contributed by atoms with van der Waals surface area (Å²) in [7, 11) is 0. The Hall–Kier alpha value is -1.35. The molecule has 1 atom stereocenters. The minimum Gasteiger partial charge on any atom is -0.383 e. The molecule has 1 amide bonds. The third-order valence-electron chi connectivity index (χ3n) is 3.36. The zero-order chi connectivity index (χ0) is 12.3. The monoisotopic (exact) mass is 233 g/mol. The molecule has 1 N–H and O–H groups in total. The summed E-state index contributed by atoms with van der Waals surface area (Å²) in [6.07, 6.45) is 10.0. The molecule has 3 heteroatoms. The molecular weight excluding hydrogens is 214 g/mol. The maximum Gasteiger partial charge on any atom is 0.251 e. The van der Waals surface area contributed by atoms with Gasteiger partial charge in [-0.25, -0.2) is 0 Å². The fourth-order valence-electron chi connectivity index (χ4n) is 2.23.